The molecule has 160 valence electrons. The molecule has 0 aromatic heterocycles. The summed E-state index contributed by atoms with van der Waals surface area (Å²) in [5.74, 6) is 1.86. The topological polar surface area (TPSA) is 66.5 Å². The van der Waals surface area contributed by atoms with Crippen molar-refractivity contribution in [3.05, 3.63) is 28.8 Å². The summed E-state index contributed by atoms with van der Waals surface area (Å²) in [4.78, 5) is 12.9. The van der Waals surface area contributed by atoms with E-state index < -0.39 is 10.0 Å². The molecule has 2 aliphatic carbocycles. The highest BCUT2D eigenvalue weighted by Gasteiger charge is 2.42. The van der Waals surface area contributed by atoms with Crippen molar-refractivity contribution in [3.8, 4) is 0 Å². The number of sulfonamides is 1. The first-order valence-corrected chi connectivity index (χ1v) is 12.8. The van der Waals surface area contributed by atoms with E-state index in [9.17, 15) is 13.2 Å². The van der Waals surface area contributed by atoms with Crippen LogP contribution in [0.3, 0.4) is 0 Å². The molecule has 1 heterocycles. The van der Waals surface area contributed by atoms with Crippen LogP contribution in [0, 0.1) is 17.8 Å². The van der Waals surface area contributed by atoms with Crippen molar-refractivity contribution < 1.29 is 13.2 Å². The second-order valence-corrected chi connectivity index (χ2v) is 11.4. The molecule has 0 spiro atoms. The van der Waals surface area contributed by atoms with Gasteiger partial charge in [0.15, 0.2) is 0 Å². The molecular formula is C22H31ClN2O3S. The fraction of sp³-hybridized carbons (Fsp3) is 0.682. The highest BCUT2D eigenvalue weighted by molar-refractivity contribution is 7.89. The summed E-state index contributed by atoms with van der Waals surface area (Å²) in [6.07, 6.45) is 8.90. The minimum atomic E-state index is -3.70. The summed E-state index contributed by atoms with van der Waals surface area (Å²) in [7, 11) is -3.70. The summed E-state index contributed by atoms with van der Waals surface area (Å²) in [6.45, 7) is 3.10. The van der Waals surface area contributed by atoms with Gasteiger partial charge in [-0.3, -0.25) is 4.79 Å². The van der Waals surface area contributed by atoms with Gasteiger partial charge in [0.05, 0.1) is 5.02 Å². The summed E-state index contributed by atoms with van der Waals surface area (Å²) in [6, 6.07) is 4.70. The molecule has 1 aromatic rings. The van der Waals surface area contributed by atoms with E-state index in [1.165, 1.54) is 42.1 Å². The molecule has 0 radical (unpaired) electrons. The Labute approximate surface area is 179 Å². The van der Waals surface area contributed by atoms with E-state index in [4.69, 9.17) is 11.6 Å². The zero-order valence-corrected chi connectivity index (χ0v) is 18.6. The fourth-order valence-electron chi connectivity index (χ4n) is 5.57. The molecule has 1 saturated heterocycles. The van der Waals surface area contributed by atoms with Crippen LogP contribution in [-0.2, 0) is 10.0 Å². The Kier molecular flexibility index (Phi) is 6.24. The molecule has 1 amide bonds. The predicted molar refractivity (Wildman–Crippen MR) is 115 cm³/mol. The molecule has 4 atom stereocenters. The maximum absolute atomic E-state index is 13.2. The SMILES string of the molecule is CC(NC(=O)c1ccc(Cl)c(S(=O)(=O)N2CCCCCC2)c1)C1CC2CCC1C2. The van der Waals surface area contributed by atoms with Crippen molar-refractivity contribution in [1.82, 2.24) is 9.62 Å². The lowest BCUT2D eigenvalue weighted by atomic mass is 9.84. The largest absolute Gasteiger partial charge is 0.349 e. The van der Waals surface area contributed by atoms with Crippen LogP contribution in [0.25, 0.3) is 0 Å². The molecule has 29 heavy (non-hydrogen) atoms. The first-order chi connectivity index (χ1) is 13.9. The monoisotopic (exact) mass is 438 g/mol. The quantitative estimate of drug-likeness (QED) is 0.737. The van der Waals surface area contributed by atoms with Crippen LogP contribution in [0.4, 0.5) is 0 Å². The molecule has 1 N–H and O–H groups in total. The first-order valence-electron chi connectivity index (χ1n) is 11.0. The van der Waals surface area contributed by atoms with Gasteiger partial charge in [0.1, 0.15) is 4.90 Å². The van der Waals surface area contributed by atoms with Crippen LogP contribution in [-0.4, -0.2) is 37.8 Å². The molecule has 3 fully saturated rings. The van der Waals surface area contributed by atoms with Crippen molar-refractivity contribution in [3.63, 3.8) is 0 Å². The van der Waals surface area contributed by atoms with Gasteiger partial charge in [-0.05, 0) is 75.0 Å². The Balaban J connectivity index is 1.50. The number of carbonyl (C=O) groups is 1. The van der Waals surface area contributed by atoms with Crippen molar-refractivity contribution in [2.24, 2.45) is 17.8 Å². The maximum atomic E-state index is 13.2. The zero-order chi connectivity index (χ0) is 20.6. The van der Waals surface area contributed by atoms with E-state index in [-0.39, 0.29) is 21.9 Å². The summed E-state index contributed by atoms with van der Waals surface area (Å²) >= 11 is 6.26. The van der Waals surface area contributed by atoms with Gasteiger partial charge >= 0.3 is 0 Å². The van der Waals surface area contributed by atoms with Gasteiger partial charge in [0, 0.05) is 24.7 Å². The normalized spacial score (nSPS) is 28.8. The Morgan fingerprint density at radius 1 is 1.14 bits per heavy atom. The van der Waals surface area contributed by atoms with E-state index in [0.29, 0.717) is 24.6 Å². The van der Waals surface area contributed by atoms with Crippen molar-refractivity contribution >= 4 is 27.5 Å². The molecule has 1 aromatic carbocycles. The zero-order valence-electron chi connectivity index (χ0n) is 17.1. The lowest BCUT2D eigenvalue weighted by Gasteiger charge is -2.28. The standard InChI is InChI=1S/C22H31ClN2O3S/c1-15(19-13-16-6-7-17(19)12-16)24-22(26)18-8-9-20(23)21(14-18)29(27,28)25-10-4-2-3-5-11-25/h8-9,14-17,19H,2-7,10-13H2,1H3,(H,24,26). The Hall–Kier alpha value is -1.11. The number of nitrogens with one attached hydrogen (secondary N) is 1. The van der Waals surface area contributed by atoms with E-state index in [1.807, 2.05) is 0 Å². The molecular weight excluding hydrogens is 408 g/mol. The number of hydrogen-bond donors (Lipinski definition) is 1. The van der Waals surface area contributed by atoms with Crippen LogP contribution in [0.1, 0.15) is 68.6 Å². The van der Waals surface area contributed by atoms with Crippen LogP contribution in [0.15, 0.2) is 23.1 Å². The number of hydrogen-bond acceptors (Lipinski definition) is 3. The first kappa shape index (κ1) is 21.1. The second kappa shape index (κ2) is 8.56. The van der Waals surface area contributed by atoms with Gasteiger partial charge in [-0.1, -0.05) is 30.9 Å². The van der Waals surface area contributed by atoms with Crippen LogP contribution in [0.5, 0.6) is 0 Å². The van der Waals surface area contributed by atoms with Crippen LogP contribution >= 0.6 is 11.6 Å². The number of halogens is 1. The number of amides is 1. The molecule has 4 rings (SSSR count). The van der Waals surface area contributed by atoms with Gasteiger partial charge in [-0.25, -0.2) is 8.42 Å². The maximum Gasteiger partial charge on any atom is 0.251 e. The third-order valence-electron chi connectivity index (χ3n) is 7.17. The number of nitrogens with zero attached hydrogens (tertiary/aromatic N) is 1. The average Bonchev–Trinajstić information content (AvgIpc) is 3.22. The van der Waals surface area contributed by atoms with Gasteiger partial charge in [0.2, 0.25) is 10.0 Å². The summed E-state index contributed by atoms with van der Waals surface area (Å²) < 4.78 is 27.8. The second-order valence-electron chi connectivity index (χ2n) is 9.06. The average molecular weight is 439 g/mol. The highest BCUT2D eigenvalue weighted by Crippen LogP contribution is 2.49. The number of carbonyl (C=O) groups excluding carboxylic acids is 1. The van der Waals surface area contributed by atoms with Gasteiger partial charge < -0.3 is 5.32 Å². The smallest absolute Gasteiger partial charge is 0.251 e. The predicted octanol–water partition coefficient (Wildman–Crippen LogP) is 4.46. The summed E-state index contributed by atoms with van der Waals surface area (Å²) in [5, 5.41) is 3.29. The summed E-state index contributed by atoms with van der Waals surface area (Å²) in [5.41, 5.74) is 0.359. The van der Waals surface area contributed by atoms with E-state index >= 15 is 0 Å². The minimum Gasteiger partial charge on any atom is -0.349 e. The van der Waals surface area contributed by atoms with Crippen molar-refractivity contribution in [2.75, 3.05) is 13.1 Å². The number of fused-ring (bicyclic) bond motifs is 2. The van der Waals surface area contributed by atoms with Crippen molar-refractivity contribution in [2.45, 2.75) is 69.2 Å². The minimum absolute atomic E-state index is 0.0429. The van der Waals surface area contributed by atoms with Gasteiger partial charge in [-0.15, -0.1) is 0 Å². The lowest BCUT2D eigenvalue weighted by molar-refractivity contribution is 0.0915. The Morgan fingerprint density at radius 3 is 2.48 bits per heavy atom. The molecule has 5 nitrogen and oxygen atoms in total. The number of benzene rings is 1. The van der Waals surface area contributed by atoms with Gasteiger partial charge in [0.25, 0.3) is 5.91 Å². The van der Waals surface area contributed by atoms with E-state index in [0.717, 1.165) is 37.5 Å². The lowest BCUT2D eigenvalue weighted by Crippen LogP contribution is -2.40. The van der Waals surface area contributed by atoms with Crippen LogP contribution < -0.4 is 5.32 Å². The molecule has 7 heteroatoms. The Morgan fingerprint density at radius 2 is 1.86 bits per heavy atom. The number of rotatable bonds is 5. The van der Waals surface area contributed by atoms with E-state index in [1.54, 1.807) is 6.07 Å². The van der Waals surface area contributed by atoms with Gasteiger partial charge in [-0.2, -0.15) is 4.31 Å². The fourth-order valence-corrected chi connectivity index (χ4v) is 7.58. The van der Waals surface area contributed by atoms with E-state index in [2.05, 4.69) is 12.2 Å². The third-order valence-corrected chi connectivity index (χ3v) is 9.55. The van der Waals surface area contributed by atoms with Crippen molar-refractivity contribution in [1.29, 1.82) is 0 Å². The Bertz CT molecular complexity index is 865. The third kappa shape index (κ3) is 4.35. The molecule has 2 saturated carbocycles. The highest BCUT2D eigenvalue weighted by atomic mass is 35.5. The molecule has 1 aliphatic heterocycles. The molecule has 3 aliphatic rings. The molecule has 4 unspecified atom stereocenters. The van der Waals surface area contributed by atoms with Crippen LogP contribution in [0.2, 0.25) is 5.02 Å². The molecule has 2 bridgehead atoms.